The second-order valence-corrected chi connectivity index (χ2v) is 7.45. The summed E-state index contributed by atoms with van der Waals surface area (Å²) in [6.07, 6.45) is 0.531. The number of aliphatic hydroxyl groups is 1. The number of hydrogen-bond donors (Lipinski definition) is 1. The van der Waals surface area contributed by atoms with E-state index in [2.05, 4.69) is 6.07 Å². The molecular weight excluding hydrogens is 352 g/mol. The normalized spacial score (nSPS) is 18.1. The molecule has 1 atom stereocenters. The summed E-state index contributed by atoms with van der Waals surface area (Å²) in [5, 5.41) is 20.1. The van der Waals surface area contributed by atoms with Crippen molar-refractivity contribution in [3.63, 3.8) is 0 Å². The van der Waals surface area contributed by atoms with Gasteiger partial charge in [0.05, 0.1) is 18.2 Å². The van der Waals surface area contributed by atoms with Gasteiger partial charge in [0.1, 0.15) is 0 Å². The number of aryl methyl sites for hydroxylation is 3. The largest absolute Gasteiger partial charge is 0.375 e. The van der Waals surface area contributed by atoms with Crippen LogP contribution in [0.1, 0.15) is 51.9 Å². The number of amides is 1. The van der Waals surface area contributed by atoms with Crippen molar-refractivity contribution >= 4 is 17.4 Å². The Balaban J connectivity index is 1.95. The van der Waals surface area contributed by atoms with Crippen LogP contribution in [0.4, 0.5) is 5.69 Å². The third kappa shape index (κ3) is 3.32. The zero-order valence-electron chi connectivity index (χ0n) is 16.5. The molecule has 0 saturated heterocycles. The molecule has 0 aliphatic carbocycles. The number of anilines is 1. The van der Waals surface area contributed by atoms with Crippen molar-refractivity contribution < 1.29 is 14.7 Å². The first-order chi connectivity index (χ1) is 13.3. The molecule has 0 radical (unpaired) electrons. The Morgan fingerprint density at radius 2 is 1.82 bits per heavy atom. The summed E-state index contributed by atoms with van der Waals surface area (Å²) < 4.78 is 0. The summed E-state index contributed by atoms with van der Waals surface area (Å²) in [6.45, 7) is 6.12. The lowest BCUT2D eigenvalue weighted by molar-refractivity contribution is -0.135. The Bertz CT molecular complexity index is 990. The Labute approximate surface area is 165 Å². The third-order valence-electron chi connectivity index (χ3n) is 5.47. The van der Waals surface area contributed by atoms with Crippen molar-refractivity contribution in [2.75, 3.05) is 11.4 Å². The number of nitriles is 1. The van der Waals surface area contributed by atoms with Crippen LogP contribution in [0.2, 0.25) is 0 Å². The second-order valence-electron chi connectivity index (χ2n) is 7.45. The summed E-state index contributed by atoms with van der Waals surface area (Å²) in [6, 6.07) is 12.8. The van der Waals surface area contributed by atoms with Crippen molar-refractivity contribution in [3.05, 3.63) is 64.2 Å². The molecule has 2 aromatic carbocycles. The lowest BCUT2D eigenvalue weighted by Gasteiger charge is -2.23. The first-order valence-electron chi connectivity index (χ1n) is 9.41. The number of para-hydroxylation sites is 1. The van der Waals surface area contributed by atoms with Gasteiger partial charge < -0.3 is 10.0 Å². The topological polar surface area (TPSA) is 81.4 Å². The number of fused-ring (bicyclic) bond motifs is 1. The number of rotatable bonds is 6. The van der Waals surface area contributed by atoms with Crippen molar-refractivity contribution in [2.24, 2.45) is 0 Å². The van der Waals surface area contributed by atoms with E-state index in [1.807, 2.05) is 32.9 Å². The fourth-order valence-electron chi connectivity index (χ4n) is 3.80. The van der Waals surface area contributed by atoms with Crippen molar-refractivity contribution in [1.82, 2.24) is 0 Å². The number of unbranched alkanes of at least 4 members (excludes halogenated alkanes) is 1. The minimum Gasteiger partial charge on any atom is -0.375 e. The first kappa shape index (κ1) is 19.8. The highest BCUT2D eigenvalue weighted by molar-refractivity contribution is 6.11. The van der Waals surface area contributed by atoms with Gasteiger partial charge in [0.2, 0.25) is 0 Å². The SMILES string of the molecule is Cc1cc(C)c(C(=O)C[C@]2(O)C(=O)N(CCCC#N)c3ccccc32)cc1C. The summed E-state index contributed by atoms with van der Waals surface area (Å²) >= 11 is 0. The summed E-state index contributed by atoms with van der Waals surface area (Å²) in [7, 11) is 0. The van der Waals surface area contributed by atoms with Gasteiger partial charge in [-0.15, -0.1) is 0 Å². The van der Waals surface area contributed by atoms with E-state index in [-0.39, 0.29) is 12.2 Å². The van der Waals surface area contributed by atoms with E-state index in [0.717, 1.165) is 16.7 Å². The predicted octanol–water partition coefficient (Wildman–Crippen LogP) is 3.72. The zero-order valence-corrected chi connectivity index (χ0v) is 16.5. The molecule has 1 N–H and O–H groups in total. The van der Waals surface area contributed by atoms with E-state index in [1.165, 1.54) is 4.90 Å². The van der Waals surface area contributed by atoms with Gasteiger partial charge in [-0.2, -0.15) is 5.26 Å². The van der Waals surface area contributed by atoms with Crippen LogP contribution in [0.15, 0.2) is 36.4 Å². The van der Waals surface area contributed by atoms with Crippen molar-refractivity contribution in [2.45, 2.75) is 45.6 Å². The van der Waals surface area contributed by atoms with E-state index in [4.69, 9.17) is 5.26 Å². The van der Waals surface area contributed by atoms with Crippen molar-refractivity contribution in [3.8, 4) is 6.07 Å². The number of carbonyl (C=O) groups excluding carboxylic acids is 2. The Morgan fingerprint density at radius 3 is 2.54 bits per heavy atom. The highest BCUT2D eigenvalue weighted by atomic mass is 16.3. The molecule has 1 heterocycles. The molecular formula is C23H24N2O3. The van der Waals surface area contributed by atoms with Gasteiger partial charge >= 0.3 is 0 Å². The maximum absolute atomic E-state index is 13.1. The molecule has 3 rings (SSSR count). The number of carbonyl (C=O) groups is 2. The molecule has 5 heteroatoms. The fourth-order valence-corrected chi connectivity index (χ4v) is 3.80. The highest BCUT2D eigenvalue weighted by Gasteiger charge is 2.50. The van der Waals surface area contributed by atoms with Crippen LogP contribution in [0.25, 0.3) is 0 Å². The van der Waals surface area contributed by atoms with Gasteiger partial charge in [-0.1, -0.05) is 24.3 Å². The van der Waals surface area contributed by atoms with Crippen LogP contribution in [0.5, 0.6) is 0 Å². The van der Waals surface area contributed by atoms with Gasteiger partial charge in [-0.3, -0.25) is 9.59 Å². The fraction of sp³-hybridized carbons (Fsp3) is 0.348. The number of benzene rings is 2. The Morgan fingerprint density at radius 1 is 1.14 bits per heavy atom. The zero-order chi connectivity index (χ0) is 20.5. The average molecular weight is 376 g/mol. The Kier molecular flexibility index (Phi) is 5.35. The van der Waals surface area contributed by atoms with Crippen molar-refractivity contribution in [1.29, 1.82) is 5.26 Å². The Hall–Kier alpha value is -2.97. The van der Waals surface area contributed by atoms with Gasteiger partial charge in [0.15, 0.2) is 11.4 Å². The third-order valence-corrected chi connectivity index (χ3v) is 5.47. The maximum atomic E-state index is 13.1. The molecule has 1 aliphatic rings. The summed E-state index contributed by atoms with van der Waals surface area (Å²) in [4.78, 5) is 27.6. The minimum absolute atomic E-state index is 0.259. The standard InChI is InChI=1S/C23H24N2O3/c1-15-12-17(3)18(13-16(15)2)21(26)14-23(28)19-8-4-5-9-20(19)25(22(23)27)11-7-6-10-24/h4-5,8-9,12-13,28H,6-7,11,14H2,1-3H3/t23-/m1/s1. The van der Waals surface area contributed by atoms with Gasteiger partial charge in [-0.05, 0) is 56.0 Å². The summed E-state index contributed by atoms with van der Waals surface area (Å²) in [5.41, 5.74) is 2.64. The molecule has 5 nitrogen and oxygen atoms in total. The number of nitrogens with zero attached hydrogens (tertiary/aromatic N) is 2. The molecule has 1 amide bonds. The molecule has 0 bridgehead atoms. The van der Waals surface area contributed by atoms with Gasteiger partial charge in [0, 0.05) is 24.1 Å². The molecule has 0 spiro atoms. The molecule has 144 valence electrons. The molecule has 0 saturated carbocycles. The smallest absolute Gasteiger partial charge is 0.264 e. The van der Waals surface area contributed by atoms with Crippen LogP contribution in [-0.2, 0) is 10.4 Å². The first-order valence-corrected chi connectivity index (χ1v) is 9.41. The van der Waals surface area contributed by atoms with Crippen LogP contribution in [0, 0.1) is 32.1 Å². The van der Waals surface area contributed by atoms with E-state index < -0.39 is 11.5 Å². The lowest BCUT2D eigenvalue weighted by atomic mass is 9.86. The molecule has 28 heavy (non-hydrogen) atoms. The van der Waals surface area contributed by atoms with Gasteiger partial charge in [0.25, 0.3) is 5.91 Å². The number of ketones is 1. The maximum Gasteiger partial charge on any atom is 0.264 e. The van der Waals surface area contributed by atoms with E-state index in [1.54, 1.807) is 24.3 Å². The predicted molar refractivity (Wildman–Crippen MR) is 107 cm³/mol. The average Bonchev–Trinajstić information content (AvgIpc) is 2.87. The molecule has 2 aromatic rings. The minimum atomic E-state index is -1.88. The lowest BCUT2D eigenvalue weighted by Crippen LogP contribution is -2.42. The molecule has 0 aromatic heterocycles. The van der Waals surface area contributed by atoms with E-state index in [9.17, 15) is 14.7 Å². The van der Waals surface area contributed by atoms with Crippen LogP contribution in [0.3, 0.4) is 0 Å². The summed E-state index contributed by atoms with van der Waals surface area (Å²) in [5.74, 6) is -0.758. The van der Waals surface area contributed by atoms with Gasteiger partial charge in [-0.25, -0.2) is 0 Å². The van der Waals surface area contributed by atoms with Crippen LogP contribution in [-0.4, -0.2) is 23.3 Å². The monoisotopic (exact) mass is 376 g/mol. The van der Waals surface area contributed by atoms with E-state index >= 15 is 0 Å². The van der Waals surface area contributed by atoms with Crippen LogP contribution >= 0.6 is 0 Å². The van der Waals surface area contributed by atoms with E-state index in [0.29, 0.717) is 36.2 Å². The molecule has 0 unspecified atom stereocenters. The quantitative estimate of drug-likeness (QED) is 0.615. The molecule has 0 fully saturated rings. The number of Topliss-reactive ketones (excluding diaryl/α,β-unsaturated/α-hetero) is 1. The molecule has 1 aliphatic heterocycles. The number of hydrogen-bond acceptors (Lipinski definition) is 4. The second kappa shape index (κ2) is 7.57. The van der Waals surface area contributed by atoms with Crippen LogP contribution < -0.4 is 4.90 Å². The highest BCUT2D eigenvalue weighted by Crippen LogP contribution is 2.43.